The summed E-state index contributed by atoms with van der Waals surface area (Å²) >= 11 is 0. The maximum absolute atomic E-state index is 5.55. The van der Waals surface area contributed by atoms with E-state index in [4.69, 9.17) is 4.74 Å². The molecule has 0 atom stereocenters. The van der Waals surface area contributed by atoms with E-state index < -0.39 is 0 Å². The van der Waals surface area contributed by atoms with E-state index in [2.05, 4.69) is 13.2 Å². The molecule has 0 saturated carbocycles. The number of ether oxygens (including phenoxy) is 1. The molecule has 0 N–H and O–H groups in total. The third-order valence-corrected chi connectivity index (χ3v) is 2.14. The molecule has 17 heavy (non-hydrogen) atoms. The third-order valence-electron chi connectivity index (χ3n) is 2.14. The molecule has 0 radical (unpaired) electrons. The normalized spacial score (nSPS) is 10.9. The first-order valence-corrected chi connectivity index (χ1v) is 5.62. The van der Waals surface area contributed by atoms with Crippen molar-refractivity contribution in [2.45, 2.75) is 13.3 Å². The summed E-state index contributed by atoms with van der Waals surface area (Å²) in [4.78, 5) is 0. The molecule has 1 aromatic carbocycles. The molecule has 0 aliphatic rings. The van der Waals surface area contributed by atoms with E-state index in [0.717, 1.165) is 12.2 Å². The molecule has 0 unspecified atom stereocenters. The SMILES string of the molecule is C=CCc1ccc(OC(=C)/C=C\C=C/C)cc1. The van der Waals surface area contributed by atoms with E-state index in [1.807, 2.05) is 61.6 Å². The monoisotopic (exact) mass is 226 g/mol. The van der Waals surface area contributed by atoms with Crippen LogP contribution in [0.25, 0.3) is 0 Å². The van der Waals surface area contributed by atoms with Crippen LogP contribution in [0.3, 0.4) is 0 Å². The lowest BCUT2D eigenvalue weighted by molar-refractivity contribution is 0.447. The Kier molecular flexibility index (Phi) is 5.59. The van der Waals surface area contributed by atoms with Gasteiger partial charge in [-0.2, -0.15) is 0 Å². The second-order valence-electron chi connectivity index (χ2n) is 3.59. The van der Waals surface area contributed by atoms with Crippen LogP contribution in [0.4, 0.5) is 0 Å². The highest BCUT2D eigenvalue weighted by atomic mass is 16.5. The quantitative estimate of drug-likeness (QED) is 0.396. The molecule has 0 aliphatic carbocycles. The summed E-state index contributed by atoms with van der Waals surface area (Å²) in [6.07, 6.45) is 10.4. The molecule has 1 aromatic rings. The molecule has 1 rings (SSSR count). The van der Waals surface area contributed by atoms with Crippen LogP contribution in [0.15, 0.2) is 73.6 Å². The Morgan fingerprint density at radius 2 is 1.94 bits per heavy atom. The summed E-state index contributed by atoms with van der Waals surface area (Å²) in [7, 11) is 0. The number of allylic oxidation sites excluding steroid dienone is 5. The van der Waals surface area contributed by atoms with E-state index in [1.54, 1.807) is 0 Å². The molecular formula is C16H18O. The highest BCUT2D eigenvalue weighted by Crippen LogP contribution is 2.15. The summed E-state index contributed by atoms with van der Waals surface area (Å²) in [5.41, 5.74) is 1.22. The Labute approximate surface area is 103 Å². The Balaban J connectivity index is 2.56. The van der Waals surface area contributed by atoms with Crippen LogP contribution in [0, 0.1) is 0 Å². The Hall–Kier alpha value is -2.02. The Morgan fingerprint density at radius 3 is 2.53 bits per heavy atom. The molecule has 0 aliphatic heterocycles. The van der Waals surface area contributed by atoms with E-state index in [1.165, 1.54) is 5.56 Å². The van der Waals surface area contributed by atoms with E-state index >= 15 is 0 Å². The number of hydrogen-bond donors (Lipinski definition) is 0. The standard InChI is InChI=1S/C16H18O/c1-4-6-7-9-14(3)17-16-12-10-15(8-5-2)11-13-16/h4-7,9-13H,2-3,8H2,1H3/b6-4-,9-7-. The van der Waals surface area contributed by atoms with Crippen LogP contribution in [-0.4, -0.2) is 0 Å². The van der Waals surface area contributed by atoms with Gasteiger partial charge in [0.25, 0.3) is 0 Å². The van der Waals surface area contributed by atoms with Gasteiger partial charge in [-0.05, 0) is 37.1 Å². The topological polar surface area (TPSA) is 9.23 Å². The van der Waals surface area contributed by atoms with Gasteiger partial charge in [-0.25, -0.2) is 0 Å². The minimum absolute atomic E-state index is 0.625. The average molecular weight is 226 g/mol. The van der Waals surface area contributed by atoms with Crippen LogP contribution in [-0.2, 0) is 6.42 Å². The predicted molar refractivity (Wildman–Crippen MR) is 74.1 cm³/mol. The van der Waals surface area contributed by atoms with Crippen LogP contribution in [0.5, 0.6) is 5.75 Å². The molecule has 1 nitrogen and oxygen atoms in total. The van der Waals surface area contributed by atoms with Crippen molar-refractivity contribution in [3.8, 4) is 5.75 Å². The minimum Gasteiger partial charge on any atom is -0.458 e. The molecule has 0 fully saturated rings. The van der Waals surface area contributed by atoms with Crippen LogP contribution in [0.1, 0.15) is 12.5 Å². The highest BCUT2D eigenvalue weighted by Gasteiger charge is 1.95. The number of benzene rings is 1. The van der Waals surface area contributed by atoms with Gasteiger partial charge in [0.2, 0.25) is 0 Å². The third kappa shape index (κ3) is 5.03. The maximum Gasteiger partial charge on any atom is 0.127 e. The fourth-order valence-electron chi connectivity index (χ4n) is 1.32. The van der Waals surface area contributed by atoms with Crippen molar-refractivity contribution in [1.29, 1.82) is 0 Å². The molecule has 0 aromatic heterocycles. The van der Waals surface area contributed by atoms with Gasteiger partial charge in [-0.1, -0.05) is 43.0 Å². The summed E-state index contributed by atoms with van der Waals surface area (Å²) in [5, 5.41) is 0. The van der Waals surface area contributed by atoms with Crippen molar-refractivity contribution >= 4 is 0 Å². The number of rotatable bonds is 6. The average Bonchev–Trinajstić information content (AvgIpc) is 2.32. The van der Waals surface area contributed by atoms with E-state index in [9.17, 15) is 0 Å². The molecule has 0 amide bonds. The second-order valence-corrected chi connectivity index (χ2v) is 3.59. The molecule has 1 heteroatoms. The highest BCUT2D eigenvalue weighted by molar-refractivity contribution is 5.30. The van der Waals surface area contributed by atoms with Gasteiger partial charge in [-0.3, -0.25) is 0 Å². The van der Waals surface area contributed by atoms with Crippen molar-refractivity contribution in [2.24, 2.45) is 0 Å². The summed E-state index contributed by atoms with van der Waals surface area (Å²) in [6.45, 7) is 9.49. The van der Waals surface area contributed by atoms with Crippen molar-refractivity contribution in [2.75, 3.05) is 0 Å². The zero-order chi connectivity index (χ0) is 12.5. The molecule has 0 bridgehead atoms. The van der Waals surface area contributed by atoms with Gasteiger partial charge in [-0.15, -0.1) is 6.58 Å². The first-order valence-electron chi connectivity index (χ1n) is 5.62. The summed E-state index contributed by atoms with van der Waals surface area (Å²) < 4.78 is 5.55. The Morgan fingerprint density at radius 1 is 1.24 bits per heavy atom. The zero-order valence-electron chi connectivity index (χ0n) is 10.2. The van der Waals surface area contributed by atoms with E-state index in [-0.39, 0.29) is 0 Å². The molecule has 88 valence electrons. The van der Waals surface area contributed by atoms with Crippen molar-refractivity contribution in [3.05, 3.63) is 79.1 Å². The number of hydrogen-bond acceptors (Lipinski definition) is 1. The van der Waals surface area contributed by atoms with Crippen LogP contribution < -0.4 is 4.74 Å². The van der Waals surface area contributed by atoms with Crippen molar-refractivity contribution in [3.63, 3.8) is 0 Å². The first kappa shape index (κ1) is 13.0. The summed E-state index contributed by atoms with van der Waals surface area (Å²) in [5.74, 6) is 1.42. The molecule has 0 heterocycles. The van der Waals surface area contributed by atoms with Gasteiger partial charge < -0.3 is 4.74 Å². The Bertz CT molecular complexity index is 421. The minimum atomic E-state index is 0.625. The smallest absolute Gasteiger partial charge is 0.127 e. The van der Waals surface area contributed by atoms with Crippen molar-refractivity contribution < 1.29 is 4.74 Å². The summed E-state index contributed by atoms with van der Waals surface area (Å²) in [6, 6.07) is 7.93. The van der Waals surface area contributed by atoms with Crippen molar-refractivity contribution in [1.82, 2.24) is 0 Å². The lowest BCUT2D eigenvalue weighted by Gasteiger charge is -2.05. The van der Waals surface area contributed by atoms with Gasteiger partial charge in [0, 0.05) is 0 Å². The largest absolute Gasteiger partial charge is 0.458 e. The fraction of sp³-hybridized carbons (Fsp3) is 0.125. The lowest BCUT2D eigenvalue weighted by atomic mass is 10.1. The van der Waals surface area contributed by atoms with Gasteiger partial charge >= 0.3 is 0 Å². The lowest BCUT2D eigenvalue weighted by Crippen LogP contribution is -1.90. The van der Waals surface area contributed by atoms with Gasteiger partial charge in [0.15, 0.2) is 0 Å². The fourth-order valence-corrected chi connectivity index (χ4v) is 1.32. The zero-order valence-corrected chi connectivity index (χ0v) is 10.2. The van der Waals surface area contributed by atoms with Gasteiger partial charge in [0.1, 0.15) is 11.5 Å². The molecule has 0 saturated heterocycles. The van der Waals surface area contributed by atoms with Gasteiger partial charge in [0.05, 0.1) is 0 Å². The predicted octanol–water partition coefficient (Wildman–Crippen LogP) is 4.44. The molecule has 0 spiro atoms. The first-order chi connectivity index (χ1) is 8.26. The second kappa shape index (κ2) is 7.29. The van der Waals surface area contributed by atoms with Crippen LogP contribution in [0.2, 0.25) is 0 Å². The van der Waals surface area contributed by atoms with Crippen LogP contribution >= 0.6 is 0 Å². The molecular weight excluding hydrogens is 208 g/mol. The maximum atomic E-state index is 5.55. The van der Waals surface area contributed by atoms with E-state index in [0.29, 0.717) is 5.76 Å².